The maximum Gasteiger partial charge on any atom is 0.228 e. The van der Waals surface area contributed by atoms with Gasteiger partial charge in [-0.25, -0.2) is 0 Å². The van der Waals surface area contributed by atoms with Gasteiger partial charge in [-0.2, -0.15) is 0 Å². The summed E-state index contributed by atoms with van der Waals surface area (Å²) in [7, 11) is 0. The van der Waals surface area contributed by atoms with Crippen molar-refractivity contribution in [2.24, 2.45) is 11.3 Å². The molecule has 1 aliphatic carbocycles. The van der Waals surface area contributed by atoms with Gasteiger partial charge in [0.15, 0.2) is 0 Å². The molecule has 0 aromatic rings. The summed E-state index contributed by atoms with van der Waals surface area (Å²) >= 11 is 5.78. The normalized spacial score (nSPS) is 18.6. The van der Waals surface area contributed by atoms with Crippen LogP contribution in [0.2, 0.25) is 0 Å². The molecule has 0 saturated heterocycles. The van der Waals surface area contributed by atoms with Crippen molar-refractivity contribution in [2.45, 2.75) is 52.9 Å². The van der Waals surface area contributed by atoms with Gasteiger partial charge in [0.25, 0.3) is 0 Å². The van der Waals surface area contributed by atoms with Crippen LogP contribution in [0.1, 0.15) is 52.9 Å². The fourth-order valence-corrected chi connectivity index (χ4v) is 3.38. The lowest BCUT2D eigenvalue weighted by Crippen LogP contribution is -2.44. The molecule has 1 aliphatic rings. The van der Waals surface area contributed by atoms with E-state index in [1.54, 1.807) is 0 Å². The molecule has 1 rings (SSSR count). The van der Waals surface area contributed by atoms with Crippen LogP contribution in [0, 0.1) is 11.3 Å². The predicted octanol–water partition coefficient (Wildman–Crippen LogP) is 3.68. The Bertz CT molecular complexity index is 247. The van der Waals surface area contributed by atoms with Crippen LogP contribution in [0.3, 0.4) is 0 Å². The monoisotopic (exact) mass is 259 g/mol. The van der Waals surface area contributed by atoms with Crippen molar-refractivity contribution in [3.8, 4) is 0 Å². The summed E-state index contributed by atoms with van der Waals surface area (Å²) in [5, 5.41) is 0. The highest BCUT2D eigenvalue weighted by Gasteiger charge is 2.43. The smallest absolute Gasteiger partial charge is 0.228 e. The molecule has 17 heavy (non-hydrogen) atoms. The zero-order valence-electron chi connectivity index (χ0n) is 11.5. The van der Waals surface area contributed by atoms with Gasteiger partial charge >= 0.3 is 0 Å². The molecule has 1 fully saturated rings. The van der Waals surface area contributed by atoms with Gasteiger partial charge in [0, 0.05) is 24.4 Å². The first-order chi connectivity index (χ1) is 8.05. The van der Waals surface area contributed by atoms with Crippen molar-refractivity contribution in [1.82, 2.24) is 4.90 Å². The highest BCUT2D eigenvalue weighted by molar-refractivity contribution is 6.18. The number of amides is 1. The van der Waals surface area contributed by atoms with Crippen LogP contribution < -0.4 is 0 Å². The molecule has 0 aromatic heterocycles. The van der Waals surface area contributed by atoms with Crippen molar-refractivity contribution in [1.29, 1.82) is 0 Å². The lowest BCUT2D eigenvalue weighted by atomic mass is 9.77. The number of halogens is 1. The molecule has 0 aromatic carbocycles. The highest BCUT2D eigenvalue weighted by Crippen LogP contribution is 2.44. The standard InChI is InChI=1S/C14H26ClNO/c1-4-16(10-9-15)13(17)14(11-12(2)3)7-5-6-8-14/h12H,4-11H2,1-3H3. The summed E-state index contributed by atoms with van der Waals surface area (Å²) in [6.07, 6.45) is 5.59. The molecular weight excluding hydrogens is 234 g/mol. The van der Waals surface area contributed by atoms with Gasteiger partial charge in [-0.05, 0) is 32.1 Å². The Balaban J connectivity index is 2.78. The van der Waals surface area contributed by atoms with Crippen LogP contribution in [0.25, 0.3) is 0 Å². The van der Waals surface area contributed by atoms with E-state index in [0.717, 1.165) is 25.8 Å². The van der Waals surface area contributed by atoms with E-state index in [4.69, 9.17) is 11.6 Å². The average Bonchev–Trinajstić information content (AvgIpc) is 2.73. The van der Waals surface area contributed by atoms with E-state index in [2.05, 4.69) is 13.8 Å². The fraction of sp³-hybridized carbons (Fsp3) is 0.929. The second-order valence-electron chi connectivity index (χ2n) is 5.66. The largest absolute Gasteiger partial charge is 0.341 e. The molecule has 0 N–H and O–H groups in total. The van der Waals surface area contributed by atoms with E-state index < -0.39 is 0 Å². The van der Waals surface area contributed by atoms with E-state index in [0.29, 0.717) is 24.2 Å². The fourth-order valence-electron chi connectivity index (χ4n) is 3.18. The van der Waals surface area contributed by atoms with Gasteiger partial charge in [0.2, 0.25) is 5.91 Å². The van der Waals surface area contributed by atoms with Gasteiger partial charge < -0.3 is 4.90 Å². The van der Waals surface area contributed by atoms with Crippen molar-refractivity contribution in [3.63, 3.8) is 0 Å². The first-order valence-electron chi connectivity index (χ1n) is 6.91. The summed E-state index contributed by atoms with van der Waals surface area (Å²) in [6.45, 7) is 7.95. The summed E-state index contributed by atoms with van der Waals surface area (Å²) in [4.78, 5) is 14.6. The van der Waals surface area contributed by atoms with Gasteiger partial charge in [-0.3, -0.25) is 4.79 Å². The molecule has 0 unspecified atom stereocenters. The molecule has 0 heterocycles. The SMILES string of the molecule is CCN(CCCl)C(=O)C1(CC(C)C)CCCC1. The minimum absolute atomic E-state index is 0.0732. The second-order valence-corrected chi connectivity index (χ2v) is 6.04. The van der Waals surface area contributed by atoms with Crippen molar-refractivity contribution in [3.05, 3.63) is 0 Å². The minimum atomic E-state index is -0.0732. The molecule has 0 bridgehead atoms. The number of hydrogen-bond donors (Lipinski definition) is 0. The quantitative estimate of drug-likeness (QED) is 0.667. The maximum atomic E-state index is 12.7. The van der Waals surface area contributed by atoms with Gasteiger partial charge in [-0.15, -0.1) is 11.6 Å². The Morgan fingerprint density at radius 2 is 1.94 bits per heavy atom. The summed E-state index contributed by atoms with van der Waals surface area (Å²) in [6, 6.07) is 0. The van der Waals surface area contributed by atoms with Crippen LogP contribution in [0.15, 0.2) is 0 Å². The third kappa shape index (κ3) is 3.61. The number of carbonyl (C=O) groups is 1. The minimum Gasteiger partial charge on any atom is -0.341 e. The Kier molecular flexibility index (Phi) is 5.78. The Labute approximate surface area is 111 Å². The zero-order valence-corrected chi connectivity index (χ0v) is 12.2. The van der Waals surface area contributed by atoms with Crippen LogP contribution >= 0.6 is 11.6 Å². The molecule has 0 aliphatic heterocycles. The average molecular weight is 260 g/mol. The van der Waals surface area contributed by atoms with Gasteiger partial charge in [0.05, 0.1) is 0 Å². The molecule has 1 amide bonds. The maximum absolute atomic E-state index is 12.7. The molecule has 0 spiro atoms. The number of hydrogen-bond acceptors (Lipinski definition) is 1. The van der Waals surface area contributed by atoms with Crippen LogP contribution in [0.4, 0.5) is 0 Å². The van der Waals surface area contributed by atoms with Crippen molar-refractivity contribution < 1.29 is 4.79 Å². The second kappa shape index (κ2) is 6.63. The number of carbonyl (C=O) groups excluding carboxylic acids is 1. The van der Waals surface area contributed by atoms with Gasteiger partial charge in [0.1, 0.15) is 0 Å². The van der Waals surface area contributed by atoms with Gasteiger partial charge in [-0.1, -0.05) is 26.7 Å². The topological polar surface area (TPSA) is 20.3 Å². The molecule has 100 valence electrons. The molecule has 1 saturated carbocycles. The first kappa shape index (κ1) is 14.8. The predicted molar refractivity (Wildman–Crippen MR) is 73.3 cm³/mol. The lowest BCUT2D eigenvalue weighted by molar-refractivity contribution is -0.142. The summed E-state index contributed by atoms with van der Waals surface area (Å²) in [5.41, 5.74) is -0.0732. The third-order valence-electron chi connectivity index (χ3n) is 3.84. The van der Waals surface area contributed by atoms with Crippen molar-refractivity contribution >= 4 is 17.5 Å². The first-order valence-corrected chi connectivity index (χ1v) is 7.44. The van der Waals surface area contributed by atoms with E-state index in [9.17, 15) is 4.79 Å². The van der Waals surface area contributed by atoms with Crippen LogP contribution in [0.5, 0.6) is 0 Å². The van der Waals surface area contributed by atoms with Crippen molar-refractivity contribution in [2.75, 3.05) is 19.0 Å². The van der Waals surface area contributed by atoms with E-state index in [-0.39, 0.29) is 5.41 Å². The number of alkyl halides is 1. The van der Waals surface area contributed by atoms with Crippen LogP contribution in [-0.4, -0.2) is 29.8 Å². The Morgan fingerprint density at radius 3 is 2.35 bits per heavy atom. The number of rotatable bonds is 6. The summed E-state index contributed by atoms with van der Waals surface area (Å²) < 4.78 is 0. The van der Waals surface area contributed by atoms with E-state index in [1.807, 2.05) is 11.8 Å². The molecule has 2 nitrogen and oxygen atoms in total. The molecule has 0 radical (unpaired) electrons. The Hall–Kier alpha value is -0.240. The Morgan fingerprint density at radius 1 is 1.35 bits per heavy atom. The van der Waals surface area contributed by atoms with Crippen LogP contribution in [-0.2, 0) is 4.79 Å². The number of nitrogens with zero attached hydrogens (tertiary/aromatic N) is 1. The summed E-state index contributed by atoms with van der Waals surface area (Å²) in [5.74, 6) is 1.48. The lowest BCUT2D eigenvalue weighted by Gasteiger charge is -2.35. The molecular formula is C14H26ClNO. The zero-order chi connectivity index (χ0) is 12.9. The third-order valence-corrected chi connectivity index (χ3v) is 4.01. The molecule has 0 atom stereocenters. The van der Waals surface area contributed by atoms with E-state index in [1.165, 1.54) is 12.8 Å². The molecule has 3 heteroatoms. The van der Waals surface area contributed by atoms with E-state index >= 15 is 0 Å². The highest BCUT2D eigenvalue weighted by atomic mass is 35.5.